The van der Waals surface area contributed by atoms with Crippen LogP contribution in [0.5, 0.6) is 17.2 Å². The highest BCUT2D eigenvalue weighted by Crippen LogP contribution is 2.41. The maximum absolute atomic E-state index is 13.0. The summed E-state index contributed by atoms with van der Waals surface area (Å²) >= 11 is 0. The lowest BCUT2D eigenvalue weighted by molar-refractivity contribution is -0.137. The minimum absolute atomic E-state index is 0.192. The van der Waals surface area contributed by atoms with Gasteiger partial charge in [-0.1, -0.05) is 12.1 Å². The number of nitrogens with one attached hydrogen (secondary N) is 2. The largest absolute Gasteiger partial charge is 0.493 e. The first kappa shape index (κ1) is 26.5. The number of alkyl halides is 3. The highest BCUT2D eigenvalue weighted by atomic mass is 19.4. The van der Waals surface area contributed by atoms with Crippen LogP contribution in [0.3, 0.4) is 0 Å². The zero-order valence-corrected chi connectivity index (χ0v) is 21.5. The lowest BCUT2D eigenvalue weighted by atomic mass is 10.1. The number of rotatable bonds is 9. The Labute approximate surface area is 226 Å². The van der Waals surface area contributed by atoms with Gasteiger partial charge in [0.2, 0.25) is 11.7 Å². The molecule has 2 N–H and O–H groups in total. The molecule has 0 unspecified atom stereocenters. The first-order valence-corrected chi connectivity index (χ1v) is 11.8. The smallest absolute Gasteiger partial charge is 0.416 e. The first-order valence-electron chi connectivity index (χ1n) is 11.8. The molecule has 5 rings (SSSR count). The minimum atomic E-state index is -4.41. The van der Waals surface area contributed by atoms with Crippen LogP contribution < -0.4 is 24.8 Å². The molecular formula is C26H23F3N8O3. The van der Waals surface area contributed by atoms with Crippen LogP contribution in [-0.4, -0.2) is 50.8 Å². The second-order valence-electron chi connectivity index (χ2n) is 8.39. The summed E-state index contributed by atoms with van der Waals surface area (Å²) in [7, 11) is 4.53. The third-order valence-electron chi connectivity index (χ3n) is 5.83. The number of hydrogen-bond acceptors (Lipinski definition) is 10. The molecule has 0 spiro atoms. The number of hydrogen-bond donors (Lipinski definition) is 2. The van der Waals surface area contributed by atoms with E-state index in [9.17, 15) is 13.2 Å². The number of halogens is 3. The topological polar surface area (TPSA) is 121 Å². The summed E-state index contributed by atoms with van der Waals surface area (Å²) in [6, 6.07) is 8.35. The second kappa shape index (κ2) is 10.9. The highest BCUT2D eigenvalue weighted by molar-refractivity contribution is 5.87. The molecule has 0 aliphatic heterocycles. The Morgan fingerprint density at radius 1 is 0.875 bits per heavy atom. The molecule has 0 aliphatic carbocycles. The third-order valence-corrected chi connectivity index (χ3v) is 5.83. The molecule has 14 heteroatoms. The van der Waals surface area contributed by atoms with Gasteiger partial charge in [0.25, 0.3) is 0 Å². The van der Waals surface area contributed by atoms with Gasteiger partial charge in [-0.15, -0.1) is 0 Å². The van der Waals surface area contributed by atoms with Crippen LogP contribution in [0.15, 0.2) is 61.3 Å². The van der Waals surface area contributed by atoms with Gasteiger partial charge in [0.05, 0.1) is 46.0 Å². The summed E-state index contributed by atoms with van der Waals surface area (Å²) < 4.78 is 57.0. The molecule has 5 aromatic rings. The first-order chi connectivity index (χ1) is 19.3. The normalized spacial score (nSPS) is 11.3. The van der Waals surface area contributed by atoms with Gasteiger partial charge in [0, 0.05) is 30.2 Å². The van der Waals surface area contributed by atoms with Crippen molar-refractivity contribution in [3.05, 3.63) is 72.4 Å². The Kier molecular flexibility index (Phi) is 7.23. The zero-order chi connectivity index (χ0) is 28.3. The monoisotopic (exact) mass is 552 g/mol. The summed E-state index contributed by atoms with van der Waals surface area (Å²) in [5.41, 5.74) is 1.33. The van der Waals surface area contributed by atoms with Crippen LogP contribution in [0, 0.1) is 0 Å². The maximum atomic E-state index is 13.0. The lowest BCUT2D eigenvalue weighted by Crippen LogP contribution is -2.07. The number of benzene rings is 2. The van der Waals surface area contributed by atoms with Gasteiger partial charge in [-0.05, 0) is 17.7 Å². The molecule has 0 amide bonds. The number of methoxy groups -OCH3 is 3. The van der Waals surface area contributed by atoms with Gasteiger partial charge in [-0.25, -0.2) is 9.97 Å². The Bertz CT molecular complexity index is 1600. The van der Waals surface area contributed by atoms with Gasteiger partial charge < -0.3 is 29.4 Å². The molecule has 0 fully saturated rings. The van der Waals surface area contributed by atoms with Crippen molar-refractivity contribution < 1.29 is 27.4 Å². The van der Waals surface area contributed by atoms with Gasteiger partial charge in [0.1, 0.15) is 0 Å². The van der Waals surface area contributed by atoms with Crippen molar-refractivity contribution >= 4 is 34.4 Å². The summed E-state index contributed by atoms with van der Waals surface area (Å²) in [5, 5.41) is 6.25. The molecule has 0 saturated heterocycles. The van der Waals surface area contributed by atoms with Gasteiger partial charge in [0.15, 0.2) is 34.3 Å². The van der Waals surface area contributed by atoms with E-state index in [1.54, 1.807) is 23.0 Å². The van der Waals surface area contributed by atoms with E-state index in [1.807, 2.05) is 0 Å². The number of imidazole rings is 1. The Hall–Kier alpha value is -5.14. The van der Waals surface area contributed by atoms with Crippen LogP contribution in [0.1, 0.15) is 11.1 Å². The van der Waals surface area contributed by atoms with Crippen LogP contribution >= 0.6 is 0 Å². The van der Waals surface area contributed by atoms with E-state index in [-0.39, 0.29) is 12.5 Å². The molecular weight excluding hydrogens is 529 g/mol. The minimum Gasteiger partial charge on any atom is -0.493 e. The van der Waals surface area contributed by atoms with Crippen molar-refractivity contribution in [1.82, 2.24) is 29.5 Å². The molecule has 0 saturated carbocycles. The molecule has 0 aliphatic rings. The van der Waals surface area contributed by atoms with Crippen LogP contribution in [0.2, 0.25) is 0 Å². The highest BCUT2D eigenvalue weighted by Gasteiger charge is 2.30. The fourth-order valence-electron chi connectivity index (χ4n) is 3.97. The third kappa shape index (κ3) is 5.50. The summed E-state index contributed by atoms with van der Waals surface area (Å²) in [5.74, 6) is 2.23. The molecule has 0 bridgehead atoms. The van der Waals surface area contributed by atoms with Gasteiger partial charge >= 0.3 is 6.18 Å². The van der Waals surface area contributed by atoms with Gasteiger partial charge in [-0.2, -0.15) is 23.1 Å². The molecule has 2 aromatic carbocycles. The zero-order valence-electron chi connectivity index (χ0n) is 21.5. The quantitative estimate of drug-likeness (QED) is 0.252. The van der Waals surface area contributed by atoms with E-state index in [1.165, 1.54) is 52.1 Å². The maximum Gasteiger partial charge on any atom is 0.416 e. The fraction of sp³-hybridized carbons (Fsp3) is 0.192. The molecule has 3 aromatic heterocycles. The average Bonchev–Trinajstić information content (AvgIpc) is 3.35. The van der Waals surface area contributed by atoms with E-state index in [0.29, 0.717) is 51.3 Å². The lowest BCUT2D eigenvalue weighted by Gasteiger charge is -2.15. The molecule has 206 valence electrons. The van der Waals surface area contributed by atoms with Crippen LogP contribution in [-0.2, 0) is 12.7 Å². The predicted octanol–water partition coefficient (Wildman–Crippen LogP) is 5.20. The molecule has 3 heterocycles. The van der Waals surface area contributed by atoms with E-state index in [0.717, 1.165) is 12.1 Å². The van der Waals surface area contributed by atoms with Crippen molar-refractivity contribution in [1.29, 1.82) is 0 Å². The average molecular weight is 553 g/mol. The van der Waals surface area contributed by atoms with Crippen LogP contribution in [0.4, 0.5) is 36.4 Å². The second-order valence-corrected chi connectivity index (χ2v) is 8.39. The fourth-order valence-corrected chi connectivity index (χ4v) is 3.97. The van der Waals surface area contributed by atoms with Gasteiger partial charge in [-0.3, -0.25) is 4.98 Å². The molecule has 0 atom stereocenters. The van der Waals surface area contributed by atoms with Crippen molar-refractivity contribution in [2.75, 3.05) is 32.0 Å². The van der Waals surface area contributed by atoms with Crippen molar-refractivity contribution in [3.8, 4) is 17.2 Å². The standard InChI is InChI=1S/C26H23F3N8O3/c1-38-18-10-17(11-19(39-2)22(18)40-3)33-23-21-24(36-25(35-23)34-20-12-30-8-9-31-20)37(14-32-21)13-15-4-6-16(7-5-15)26(27,28)29/h4-12,14H,13H2,1-3H3,(H2,31,33,34,35,36). The Morgan fingerprint density at radius 2 is 1.60 bits per heavy atom. The number of fused-ring (bicyclic) bond motifs is 1. The van der Waals surface area contributed by atoms with Crippen molar-refractivity contribution in [2.45, 2.75) is 12.7 Å². The van der Waals surface area contributed by atoms with E-state index in [4.69, 9.17) is 14.2 Å². The molecule has 40 heavy (non-hydrogen) atoms. The number of aromatic nitrogens is 6. The predicted molar refractivity (Wildman–Crippen MR) is 141 cm³/mol. The summed E-state index contributed by atoms with van der Waals surface area (Å²) in [6.45, 7) is 0.222. The van der Waals surface area contributed by atoms with E-state index in [2.05, 4.69) is 35.6 Å². The van der Waals surface area contributed by atoms with E-state index >= 15 is 0 Å². The number of nitrogens with zero attached hydrogens (tertiary/aromatic N) is 6. The molecule has 11 nitrogen and oxygen atoms in total. The molecule has 0 radical (unpaired) electrons. The van der Waals surface area contributed by atoms with E-state index < -0.39 is 11.7 Å². The number of ether oxygens (including phenoxy) is 3. The van der Waals surface area contributed by atoms with Crippen molar-refractivity contribution in [3.63, 3.8) is 0 Å². The number of anilines is 4. The Balaban J connectivity index is 1.56. The SMILES string of the molecule is COc1cc(Nc2nc(Nc3cnccn3)nc3c2ncn3Cc2ccc(C(F)(F)F)cc2)cc(OC)c1OC. The van der Waals surface area contributed by atoms with Crippen LogP contribution in [0.25, 0.3) is 11.2 Å². The summed E-state index contributed by atoms with van der Waals surface area (Å²) in [4.78, 5) is 21.9. The summed E-state index contributed by atoms with van der Waals surface area (Å²) in [6.07, 6.45) is 1.70. The van der Waals surface area contributed by atoms with Crippen molar-refractivity contribution in [2.24, 2.45) is 0 Å². The Morgan fingerprint density at radius 3 is 2.20 bits per heavy atom.